The van der Waals surface area contributed by atoms with Crippen molar-refractivity contribution in [3.8, 4) is 0 Å². The number of nitrogens with one attached hydrogen (secondary N) is 2. The van der Waals surface area contributed by atoms with E-state index in [0.29, 0.717) is 12.1 Å². The zero-order valence-corrected chi connectivity index (χ0v) is 12.5. The lowest BCUT2D eigenvalue weighted by Gasteiger charge is -2.17. The highest BCUT2D eigenvalue weighted by Gasteiger charge is 2.24. The number of nitrogens with zero attached hydrogens (tertiary/aromatic N) is 1. The van der Waals surface area contributed by atoms with Crippen LogP contribution in [0.3, 0.4) is 0 Å². The van der Waals surface area contributed by atoms with E-state index in [0.717, 1.165) is 18.5 Å². The van der Waals surface area contributed by atoms with Gasteiger partial charge in [0.25, 0.3) is 5.91 Å². The van der Waals surface area contributed by atoms with Crippen LogP contribution in [0.25, 0.3) is 0 Å². The fourth-order valence-corrected chi connectivity index (χ4v) is 1.94. The molecule has 0 aliphatic heterocycles. The number of aromatic amines is 1. The number of carbonyl (C=O) groups is 2. The van der Waals surface area contributed by atoms with Crippen molar-refractivity contribution in [1.29, 1.82) is 0 Å². The van der Waals surface area contributed by atoms with Crippen LogP contribution in [-0.2, 0) is 16.0 Å². The fourth-order valence-electron chi connectivity index (χ4n) is 1.94. The molecule has 0 aliphatic rings. The lowest BCUT2D eigenvalue weighted by atomic mass is 10.0. The Morgan fingerprint density at radius 3 is 2.70 bits per heavy atom. The van der Waals surface area contributed by atoms with Gasteiger partial charge in [0.15, 0.2) is 0 Å². The van der Waals surface area contributed by atoms with Gasteiger partial charge in [-0.05, 0) is 24.8 Å². The van der Waals surface area contributed by atoms with Crippen molar-refractivity contribution in [3.05, 3.63) is 17.5 Å². The van der Waals surface area contributed by atoms with Crippen LogP contribution in [0.4, 0.5) is 0 Å². The summed E-state index contributed by atoms with van der Waals surface area (Å²) in [7, 11) is 1.32. The Morgan fingerprint density at radius 2 is 2.15 bits per heavy atom. The lowest BCUT2D eigenvalue weighted by molar-refractivity contribution is -0.143. The molecular formula is C14H23N3O3. The molecule has 0 saturated carbocycles. The molecule has 1 aromatic rings. The first-order chi connectivity index (χ1) is 9.47. The van der Waals surface area contributed by atoms with Gasteiger partial charge in [0.1, 0.15) is 11.7 Å². The van der Waals surface area contributed by atoms with Crippen molar-refractivity contribution in [2.45, 2.75) is 46.1 Å². The van der Waals surface area contributed by atoms with Gasteiger partial charge in [0.2, 0.25) is 0 Å². The third-order valence-corrected chi connectivity index (χ3v) is 2.88. The third kappa shape index (κ3) is 4.68. The van der Waals surface area contributed by atoms with E-state index in [4.69, 9.17) is 4.74 Å². The number of aryl methyl sites for hydroxylation is 1. The van der Waals surface area contributed by atoms with E-state index in [1.807, 2.05) is 13.8 Å². The second-order valence-electron chi connectivity index (χ2n) is 5.21. The van der Waals surface area contributed by atoms with Crippen molar-refractivity contribution < 1.29 is 14.3 Å². The van der Waals surface area contributed by atoms with Gasteiger partial charge in [-0.25, -0.2) is 4.79 Å². The number of esters is 1. The number of ether oxygens (including phenoxy) is 1. The van der Waals surface area contributed by atoms with E-state index in [2.05, 4.69) is 22.4 Å². The summed E-state index contributed by atoms with van der Waals surface area (Å²) in [5.41, 5.74) is 1.21. The van der Waals surface area contributed by atoms with E-state index < -0.39 is 12.0 Å². The molecule has 1 aromatic heterocycles. The largest absolute Gasteiger partial charge is 0.467 e. The summed E-state index contributed by atoms with van der Waals surface area (Å²) in [4.78, 5) is 23.7. The summed E-state index contributed by atoms with van der Waals surface area (Å²) in [6.45, 7) is 6.02. The Morgan fingerprint density at radius 1 is 1.45 bits per heavy atom. The summed E-state index contributed by atoms with van der Waals surface area (Å²) < 4.78 is 4.71. The summed E-state index contributed by atoms with van der Waals surface area (Å²) in [5.74, 6) is -0.523. The molecule has 1 rings (SSSR count). The molecule has 1 heterocycles. The molecule has 112 valence electrons. The Hall–Kier alpha value is -1.85. The van der Waals surface area contributed by atoms with E-state index in [1.54, 1.807) is 6.07 Å². The van der Waals surface area contributed by atoms with Gasteiger partial charge in [-0.3, -0.25) is 9.89 Å². The zero-order valence-electron chi connectivity index (χ0n) is 12.5. The number of amides is 1. The average molecular weight is 281 g/mol. The second kappa shape index (κ2) is 7.67. The highest BCUT2D eigenvalue weighted by Crippen LogP contribution is 2.08. The molecule has 1 atom stereocenters. The summed E-state index contributed by atoms with van der Waals surface area (Å²) in [6, 6.07) is 1.07. The number of H-pyrrole nitrogens is 1. The number of carbonyl (C=O) groups excluding carboxylic acids is 2. The fraction of sp³-hybridized carbons (Fsp3) is 0.643. The Bertz CT molecular complexity index is 454. The van der Waals surface area contributed by atoms with Crippen molar-refractivity contribution in [3.63, 3.8) is 0 Å². The first kappa shape index (κ1) is 16.2. The first-order valence-electron chi connectivity index (χ1n) is 6.90. The van der Waals surface area contributed by atoms with Crippen LogP contribution >= 0.6 is 0 Å². The molecule has 0 saturated heterocycles. The first-order valence-corrected chi connectivity index (χ1v) is 6.90. The third-order valence-electron chi connectivity index (χ3n) is 2.88. The molecule has 0 radical (unpaired) electrons. The average Bonchev–Trinajstić information content (AvgIpc) is 2.85. The highest BCUT2D eigenvalue weighted by atomic mass is 16.5. The molecule has 0 spiro atoms. The minimum atomic E-state index is -0.640. The van der Waals surface area contributed by atoms with Crippen LogP contribution in [-0.4, -0.2) is 35.2 Å². The molecular weight excluding hydrogens is 258 g/mol. The van der Waals surface area contributed by atoms with Crippen molar-refractivity contribution in [2.24, 2.45) is 5.92 Å². The predicted octanol–water partition coefficient (Wildman–Crippen LogP) is 1.68. The van der Waals surface area contributed by atoms with Crippen LogP contribution in [0.5, 0.6) is 0 Å². The summed E-state index contributed by atoms with van der Waals surface area (Å²) in [6.07, 6.45) is 2.35. The van der Waals surface area contributed by atoms with Gasteiger partial charge in [-0.15, -0.1) is 0 Å². The zero-order chi connectivity index (χ0) is 15.1. The molecule has 6 heteroatoms. The van der Waals surface area contributed by atoms with Crippen LogP contribution in [0, 0.1) is 5.92 Å². The second-order valence-corrected chi connectivity index (χ2v) is 5.21. The van der Waals surface area contributed by atoms with Crippen molar-refractivity contribution >= 4 is 11.9 Å². The minimum Gasteiger partial charge on any atom is -0.467 e. The number of aromatic nitrogens is 2. The molecule has 0 fully saturated rings. The van der Waals surface area contributed by atoms with Gasteiger partial charge in [0.05, 0.1) is 7.11 Å². The number of hydrogen-bond acceptors (Lipinski definition) is 4. The Kier molecular flexibility index (Phi) is 6.21. The number of rotatable bonds is 7. The molecule has 0 aromatic carbocycles. The quantitative estimate of drug-likeness (QED) is 0.745. The van der Waals surface area contributed by atoms with Gasteiger partial charge in [-0.1, -0.05) is 27.2 Å². The van der Waals surface area contributed by atoms with Crippen LogP contribution < -0.4 is 5.32 Å². The maximum absolute atomic E-state index is 12.1. The molecule has 0 aliphatic carbocycles. The van der Waals surface area contributed by atoms with Gasteiger partial charge in [0, 0.05) is 5.69 Å². The molecule has 20 heavy (non-hydrogen) atoms. The monoisotopic (exact) mass is 281 g/mol. The van der Waals surface area contributed by atoms with Crippen LogP contribution in [0.2, 0.25) is 0 Å². The highest BCUT2D eigenvalue weighted by molar-refractivity contribution is 5.95. The van der Waals surface area contributed by atoms with Gasteiger partial charge >= 0.3 is 5.97 Å². The normalized spacial score (nSPS) is 12.2. The molecule has 2 N–H and O–H groups in total. The topological polar surface area (TPSA) is 84.1 Å². The minimum absolute atomic E-state index is 0.272. The Labute approximate surface area is 119 Å². The Balaban J connectivity index is 2.71. The van der Waals surface area contributed by atoms with Gasteiger partial charge < -0.3 is 10.1 Å². The van der Waals surface area contributed by atoms with E-state index >= 15 is 0 Å². The predicted molar refractivity (Wildman–Crippen MR) is 75.3 cm³/mol. The van der Waals surface area contributed by atoms with Crippen molar-refractivity contribution in [2.75, 3.05) is 7.11 Å². The molecule has 0 unspecified atom stereocenters. The molecule has 1 amide bonds. The van der Waals surface area contributed by atoms with Gasteiger partial charge in [-0.2, -0.15) is 5.10 Å². The smallest absolute Gasteiger partial charge is 0.328 e. The molecule has 6 nitrogen and oxygen atoms in total. The maximum Gasteiger partial charge on any atom is 0.328 e. The van der Waals surface area contributed by atoms with E-state index in [-0.39, 0.29) is 11.8 Å². The van der Waals surface area contributed by atoms with Crippen LogP contribution in [0.1, 0.15) is 49.8 Å². The van der Waals surface area contributed by atoms with Crippen molar-refractivity contribution in [1.82, 2.24) is 15.5 Å². The molecule has 0 bridgehead atoms. The lowest BCUT2D eigenvalue weighted by Crippen LogP contribution is -2.42. The standard InChI is InChI=1S/C14H23N3O3/c1-5-6-10-8-11(17-16-10)13(18)15-12(7-9(2)3)14(19)20-4/h8-9,12H,5-7H2,1-4H3,(H,15,18)(H,16,17)/t12-/m0/s1. The number of hydrogen-bond donors (Lipinski definition) is 2. The SMILES string of the molecule is CCCc1cc(C(=O)N[C@@H](CC(C)C)C(=O)OC)n[nH]1. The van der Waals surface area contributed by atoms with Crippen LogP contribution in [0.15, 0.2) is 6.07 Å². The van der Waals surface area contributed by atoms with E-state index in [1.165, 1.54) is 7.11 Å². The number of methoxy groups -OCH3 is 1. The summed E-state index contributed by atoms with van der Waals surface area (Å²) >= 11 is 0. The summed E-state index contributed by atoms with van der Waals surface area (Å²) in [5, 5.41) is 9.46. The van der Waals surface area contributed by atoms with E-state index in [9.17, 15) is 9.59 Å². The maximum atomic E-state index is 12.1.